The Morgan fingerprint density at radius 1 is 1.07 bits per heavy atom. The van der Waals surface area contributed by atoms with Gasteiger partial charge in [0, 0.05) is 18.0 Å². The molecule has 1 aliphatic heterocycles. The van der Waals surface area contributed by atoms with Crippen LogP contribution < -0.4 is 16.8 Å². The average molecular weight is 603 g/mol. The summed E-state index contributed by atoms with van der Waals surface area (Å²) < 4.78 is 46.0. The molecule has 3 heterocycles. The number of nitrogens with two attached hydrogens (primary N) is 2. The highest BCUT2D eigenvalue weighted by atomic mass is 32.2. The fraction of sp³-hybridized carbons (Fsp3) is 0.333. The van der Waals surface area contributed by atoms with Crippen LogP contribution in [0.2, 0.25) is 0 Å². The van der Waals surface area contributed by atoms with Gasteiger partial charge in [0.25, 0.3) is 0 Å². The van der Waals surface area contributed by atoms with Crippen molar-refractivity contribution in [3.63, 3.8) is 0 Å². The van der Waals surface area contributed by atoms with Gasteiger partial charge in [0.2, 0.25) is 0 Å². The first-order valence-electron chi connectivity index (χ1n) is 13.0. The Hall–Kier alpha value is -3.92. The summed E-state index contributed by atoms with van der Waals surface area (Å²) in [5.74, 6) is 1.59. The van der Waals surface area contributed by atoms with Gasteiger partial charge in [0.1, 0.15) is 24.1 Å². The van der Waals surface area contributed by atoms with Gasteiger partial charge in [0.05, 0.1) is 18.0 Å². The molecule has 0 saturated carbocycles. The minimum absolute atomic E-state index is 0.210. The number of halogens is 3. The van der Waals surface area contributed by atoms with E-state index in [0.29, 0.717) is 46.9 Å². The highest BCUT2D eigenvalue weighted by molar-refractivity contribution is 7.99. The van der Waals surface area contributed by atoms with Crippen molar-refractivity contribution in [3.05, 3.63) is 66.7 Å². The molecule has 0 aliphatic carbocycles. The lowest BCUT2D eigenvalue weighted by Crippen LogP contribution is -2.32. The van der Waals surface area contributed by atoms with Crippen molar-refractivity contribution in [2.45, 2.75) is 37.1 Å². The molecule has 7 N–H and O–H groups in total. The number of guanidine groups is 1. The van der Waals surface area contributed by atoms with E-state index in [9.17, 15) is 23.4 Å². The summed E-state index contributed by atoms with van der Waals surface area (Å²) in [6, 6.07) is 12.1. The summed E-state index contributed by atoms with van der Waals surface area (Å²) in [6.07, 6.45) is -4.65. The third-order valence-electron chi connectivity index (χ3n) is 6.69. The second-order valence-corrected chi connectivity index (χ2v) is 10.8. The molecule has 4 aromatic rings. The van der Waals surface area contributed by atoms with E-state index in [1.165, 1.54) is 29.4 Å². The van der Waals surface area contributed by atoms with Crippen LogP contribution in [-0.4, -0.2) is 72.1 Å². The topological polar surface area (TPSA) is 170 Å². The number of anilines is 2. The fourth-order valence-corrected chi connectivity index (χ4v) is 5.54. The van der Waals surface area contributed by atoms with E-state index in [-0.39, 0.29) is 11.8 Å². The van der Waals surface area contributed by atoms with Crippen LogP contribution >= 0.6 is 11.8 Å². The number of ether oxygens (including phenoxy) is 1. The summed E-state index contributed by atoms with van der Waals surface area (Å²) in [6.45, 7) is 0.450. The predicted octanol–water partition coefficient (Wildman–Crippen LogP) is 3.26. The molecule has 4 atom stereocenters. The number of rotatable bonds is 9. The first-order valence-corrected chi connectivity index (χ1v) is 14.1. The first-order chi connectivity index (χ1) is 20.1. The van der Waals surface area contributed by atoms with E-state index in [1.807, 2.05) is 0 Å². The number of benzene rings is 2. The van der Waals surface area contributed by atoms with Crippen LogP contribution in [-0.2, 0) is 10.9 Å². The zero-order valence-corrected chi connectivity index (χ0v) is 23.0. The van der Waals surface area contributed by atoms with Gasteiger partial charge in [-0.25, -0.2) is 15.0 Å². The molecule has 222 valence electrons. The van der Waals surface area contributed by atoms with E-state index in [2.05, 4.69) is 25.3 Å². The minimum Gasteiger partial charge on any atom is -0.387 e. The lowest BCUT2D eigenvalue weighted by Gasteiger charge is -2.16. The monoisotopic (exact) mass is 602 g/mol. The number of fused-ring (bicyclic) bond motifs is 1. The highest BCUT2D eigenvalue weighted by Crippen LogP contribution is 2.34. The number of nitrogens with zero attached hydrogens (tertiary/aromatic N) is 5. The van der Waals surface area contributed by atoms with Crippen LogP contribution in [0.25, 0.3) is 22.3 Å². The number of aliphatic imine (C=N–C) groups is 1. The van der Waals surface area contributed by atoms with Crippen molar-refractivity contribution in [1.82, 2.24) is 19.5 Å². The fourth-order valence-electron chi connectivity index (χ4n) is 4.53. The van der Waals surface area contributed by atoms with E-state index >= 15 is 0 Å². The minimum atomic E-state index is -4.38. The molecule has 0 spiro atoms. The van der Waals surface area contributed by atoms with Gasteiger partial charge in [-0.05, 0) is 47.6 Å². The maximum absolute atomic E-state index is 12.8. The molecule has 5 rings (SSSR count). The number of nitrogens with one attached hydrogen (secondary N) is 1. The van der Waals surface area contributed by atoms with Crippen molar-refractivity contribution < 1.29 is 28.1 Å². The molecule has 2 aromatic carbocycles. The van der Waals surface area contributed by atoms with Crippen molar-refractivity contribution in [2.24, 2.45) is 10.7 Å². The van der Waals surface area contributed by atoms with Crippen LogP contribution in [0.4, 0.5) is 24.7 Å². The zero-order valence-electron chi connectivity index (χ0n) is 22.1. The number of aliphatic hydroxyl groups excluding tert-OH is 2. The number of aliphatic hydroxyl groups is 2. The summed E-state index contributed by atoms with van der Waals surface area (Å²) in [5, 5.41) is 24.1. The second kappa shape index (κ2) is 12.5. The first kappa shape index (κ1) is 29.6. The van der Waals surface area contributed by atoms with Crippen molar-refractivity contribution in [2.75, 3.05) is 29.1 Å². The van der Waals surface area contributed by atoms with Crippen LogP contribution in [0.5, 0.6) is 0 Å². The van der Waals surface area contributed by atoms with Gasteiger partial charge in [-0.3, -0.25) is 9.56 Å². The number of aromatic nitrogens is 4. The van der Waals surface area contributed by atoms with E-state index < -0.39 is 36.3 Å². The molecule has 0 bridgehead atoms. The van der Waals surface area contributed by atoms with Crippen molar-refractivity contribution in [1.29, 1.82) is 0 Å². The normalized spacial score (nSPS) is 21.2. The van der Waals surface area contributed by atoms with Crippen LogP contribution in [0, 0.1) is 0 Å². The van der Waals surface area contributed by atoms with Gasteiger partial charge in [-0.15, -0.1) is 0 Å². The average Bonchev–Trinajstić information content (AvgIpc) is 3.52. The largest absolute Gasteiger partial charge is 0.416 e. The summed E-state index contributed by atoms with van der Waals surface area (Å²) in [4.78, 5) is 16.6. The summed E-state index contributed by atoms with van der Waals surface area (Å²) >= 11 is 1.55. The lowest BCUT2D eigenvalue weighted by atomic mass is 10.0. The molecule has 0 amide bonds. The molecule has 15 heteroatoms. The van der Waals surface area contributed by atoms with Gasteiger partial charge in [0.15, 0.2) is 23.7 Å². The maximum Gasteiger partial charge on any atom is 0.416 e. The Balaban J connectivity index is 1.07. The van der Waals surface area contributed by atoms with E-state index in [0.717, 1.165) is 17.7 Å². The number of alkyl halides is 3. The van der Waals surface area contributed by atoms with Gasteiger partial charge in [-0.1, -0.05) is 24.3 Å². The maximum atomic E-state index is 12.8. The molecule has 0 radical (unpaired) electrons. The summed E-state index contributed by atoms with van der Waals surface area (Å²) in [7, 11) is 0. The molecule has 2 aromatic heterocycles. The predicted molar refractivity (Wildman–Crippen MR) is 155 cm³/mol. The molecule has 1 aliphatic rings. The Morgan fingerprint density at radius 2 is 1.86 bits per heavy atom. The van der Waals surface area contributed by atoms with Gasteiger partial charge in [-0.2, -0.15) is 24.9 Å². The molecular formula is C27H29F3N8O3S. The second-order valence-electron chi connectivity index (χ2n) is 9.61. The Kier molecular flexibility index (Phi) is 8.82. The zero-order chi connectivity index (χ0) is 29.9. The van der Waals surface area contributed by atoms with Crippen molar-refractivity contribution >= 4 is 40.4 Å². The SMILES string of the molecule is NC(=NCCCSC[C@H]1O[C@@H](n2cnc3c(N)ncnc32)[C@H](O)[C@@H]1O)Nc1cccc(-c2ccc(C(F)(F)F)cc2)c1. The standard InChI is InChI=1S/C27H29F3N8O3S/c28-27(29,30)17-7-5-15(6-8-17)16-3-1-4-18(11-16)37-26(32)33-9-2-10-42-12-19-21(39)22(40)25(41-19)38-14-36-20-23(31)34-13-35-24(20)38/h1,3-8,11,13-14,19,21-22,25,39-40H,2,9-10,12H2,(H2,31,34,35)(H3,32,33,37)/t19-,21-,22-,25-/m1/s1. The molecule has 1 saturated heterocycles. The Labute approximate surface area is 242 Å². The molecular weight excluding hydrogens is 573 g/mol. The molecule has 1 fully saturated rings. The third-order valence-corrected chi connectivity index (χ3v) is 7.83. The van der Waals surface area contributed by atoms with Crippen LogP contribution in [0.15, 0.2) is 66.2 Å². The molecule has 42 heavy (non-hydrogen) atoms. The van der Waals surface area contributed by atoms with E-state index in [1.54, 1.807) is 36.0 Å². The Morgan fingerprint density at radius 3 is 2.62 bits per heavy atom. The number of imidazole rings is 1. The molecule has 0 unspecified atom stereocenters. The number of hydrogen-bond donors (Lipinski definition) is 5. The Bertz CT molecular complexity index is 1550. The number of hydrogen-bond acceptors (Lipinski definition) is 9. The van der Waals surface area contributed by atoms with Gasteiger partial charge < -0.3 is 31.7 Å². The summed E-state index contributed by atoms with van der Waals surface area (Å²) in [5.41, 5.74) is 14.0. The number of thioether (sulfide) groups is 1. The van der Waals surface area contributed by atoms with E-state index in [4.69, 9.17) is 16.2 Å². The third kappa shape index (κ3) is 6.59. The van der Waals surface area contributed by atoms with Crippen LogP contribution in [0.3, 0.4) is 0 Å². The number of nitrogen functional groups attached to an aromatic ring is 1. The highest BCUT2D eigenvalue weighted by Gasteiger charge is 2.44. The smallest absolute Gasteiger partial charge is 0.387 e. The quantitative estimate of drug-likeness (QED) is 0.109. The van der Waals surface area contributed by atoms with Crippen molar-refractivity contribution in [3.8, 4) is 11.1 Å². The molecule has 11 nitrogen and oxygen atoms in total. The van der Waals surface area contributed by atoms with Crippen LogP contribution in [0.1, 0.15) is 18.2 Å². The lowest BCUT2D eigenvalue weighted by molar-refractivity contribution is -0.137. The van der Waals surface area contributed by atoms with Gasteiger partial charge >= 0.3 is 6.18 Å².